The van der Waals surface area contributed by atoms with Gasteiger partial charge in [-0.2, -0.15) is 0 Å². The minimum absolute atomic E-state index is 0.0592. The van der Waals surface area contributed by atoms with Crippen molar-refractivity contribution in [3.8, 4) is 5.75 Å². The van der Waals surface area contributed by atoms with Crippen molar-refractivity contribution in [1.82, 2.24) is 0 Å². The van der Waals surface area contributed by atoms with Crippen LogP contribution in [0.3, 0.4) is 0 Å². The van der Waals surface area contributed by atoms with Crippen molar-refractivity contribution >= 4 is 0 Å². The standard InChI is InChI=1S/C16H16O2/c1-11-6-2-3-7-12(11)16-10-14(17)13-8-4-5-9-15(13)18-16/h2-9,14,16-17H,10H2,1H3/t14-,16?/m1/s1. The van der Waals surface area contributed by atoms with Gasteiger partial charge in [-0.15, -0.1) is 0 Å². The predicted molar refractivity (Wildman–Crippen MR) is 70.6 cm³/mol. The van der Waals surface area contributed by atoms with Gasteiger partial charge in [0, 0.05) is 12.0 Å². The maximum absolute atomic E-state index is 10.2. The fourth-order valence-corrected chi connectivity index (χ4v) is 2.53. The average Bonchev–Trinajstić information content (AvgIpc) is 2.39. The first kappa shape index (κ1) is 11.3. The Hall–Kier alpha value is -1.80. The van der Waals surface area contributed by atoms with Crippen LogP contribution < -0.4 is 4.74 Å². The number of hydrogen-bond donors (Lipinski definition) is 1. The minimum Gasteiger partial charge on any atom is -0.485 e. The number of fused-ring (bicyclic) bond motifs is 1. The molecule has 0 saturated carbocycles. The van der Waals surface area contributed by atoms with E-state index in [-0.39, 0.29) is 6.10 Å². The smallest absolute Gasteiger partial charge is 0.127 e. The zero-order valence-electron chi connectivity index (χ0n) is 10.3. The second-order valence-corrected chi connectivity index (χ2v) is 4.75. The quantitative estimate of drug-likeness (QED) is 0.826. The van der Waals surface area contributed by atoms with E-state index in [0.717, 1.165) is 16.9 Å². The van der Waals surface area contributed by atoms with Gasteiger partial charge in [0.2, 0.25) is 0 Å². The molecule has 1 N–H and O–H groups in total. The highest BCUT2D eigenvalue weighted by atomic mass is 16.5. The van der Waals surface area contributed by atoms with Crippen LogP contribution in [0.5, 0.6) is 5.75 Å². The summed E-state index contributed by atoms with van der Waals surface area (Å²) in [4.78, 5) is 0. The number of aryl methyl sites for hydroxylation is 1. The highest BCUT2D eigenvalue weighted by Crippen LogP contribution is 2.41. The molecule has 0 fully saturated rings. The van der Waals surface area contributed by atoms with Crippen LogP contribution in [0.2, 0.25) is 0 Å². The van der Waals surface area contributed by atoms with Crippen molar-refractivity contribution < 1.29 is 9.84 Å². The molecule has 0 bridgehead atoms. The maximum atomic E-state index is 10.2. The fourth-order valence-electron chi connectivity index (χ4n) is 2.53. The molecule has 0 spiro atoms. The van der Waals surface area contributed by atoms with E-state index in [2.05, 4.69) is 19.1 Å². The van der Waals surface area contributed by atoms with Crippen LogP contribution in [-0.4, -0.2) is 5.11 Å². The molecular weight excluding hydrogens is 224 g/mol. The summed E-state index contributed by atoms with van der Waals surface area (Å²) in [5.74, 6) is 0.796. The molecule has 0 saturated heterocycles. The van der Waals surface area contributed by atoms with Crippen molar-refractivity contribution in [3.63, 3.8) is 0 Å². The topological polar surface area (TPSA) is 29.5 Å². The number of para-hydroxylation sites is 1. The minimum atomic E-state index is -0.445. The summed E-state index contributed by atoms with van der Waals surface area (Å²) in [6.45, 7) is 2.07. The molecule has 0 aliphatic carbocycles. The third-order valence-electron chi connectivity index (χ3n) is 3.52. The van der Waals surface area contributed by atoms with Gasteiger partial charge in [0.1, 0.15) is 11.9 Å². The maximum Gasteiger partial charge on any atom is 0.127 e. The molecule has 2 heteroatoms. The summed E-state index contributed by atoms with van der Waals surface area (Å²) < 4.78 is 6.01. The SMILES string of the molecule is Cc1ccccc1C1C[C@@H](O)c2ccccc2O1. The summed E-state index contributed by atoms with van der Waals surface area (Å²) in [6.07, 6.45) is 0.109. The monoisotopic (exact) mass is 240 g/mol. The van der Waals surface area contributed by atoms with Gasteiger partial charge < -0.3 is 9.84 Å². The number of benzene rings is 2. The number of rotatable bonds is 1. The van der Waals surface area contributed by atoms with Gasteiger partial charge in [0.25, 0.3) is 0 Å². The Balaban J connectivity index is 1.97. The first-order valence-corrected chi connectivity index (χ1v) is 6.25. The largest absolute Gasteiger partial charge is 0.485 e. The Morgan fingerprint density at radius 2 is 1.67 bits per heavy atom. The number of hydrogen-bond acceptors (Lipinski definition) is 2. The first-order chi connectivity index (χ1) is 8.75. The van der Waals surface area contributed by atoms with Crippen molar-refractivity contribution in [2.75, 3.05) is 0 Å². The molecule has 18 heavy (non-hydrogen) atoms. The second kappa shape index (κ2) is 4.46. The molecule has 0 radical (unpaired) electrons. The lowest BCUT2D eigenvalue weighted by Crippen LogP contribution is -2.19. The van der Waals surface area contributed by atoms with E-state index < -0.39 is 6.10 Å². The second-order valence-electron chi connectivity index (χ2n) is 4.75. The summed E-state index contributed by atoms with van der Waals surface area (Å²) in [5, 5.41) is 10.2. The van der Waals surface area contributed by atoms with Crippen molar-refractivity contribution in [2.24, 2.45) is 0 Å². The summed E-state index contributed by atoms with van der Waals surface area (Å²) in [5.41, 5.74) is 3.25. The van der Waals surface area contributed by atoms with E-state index in [1.165, 1.54) is 5.56 Å². The first-order valence-electron chi connectivity index (χ1n) is 6.25. The van der Waals surface area contributed by atoms with Crippen LogP contribution in [0.15, 0.2) is 48.5 Å². The van der Waals surface area contributed by atoms with Crippen LogP contribution in [0.1, 0.15) is 35.3 Å². The van der Waals surface area contributed by atoms with E-state index in [1.54, 1.807) is 0 Å². The molecule has 1 unspecified atom stereocenters. The Morgan fingerprint density at radius 1 is 1.00 bits per heavy atom. The van der Waals surface area contributed by atoms with E-state index in [9.17, 15) is 5.11 Å². The van der Waals surface area contributed by atoms with Crippen LogP contribution in [-0.2, 0) is 0 Å². The zero-order valence-corrected chi connectivity index (χ0v) is 10.3. The van der Waals surface area contributed by atoms with Gasteiger partial charge in [0.15, 0.2) is 0 Å². The van der Waals surface area contributed by atoms with Crippen LogP contribution in [0, 0.1) is 6.92 Å². The van der Waals surface area contributed by atoms with Gasteiger partial charge in [-0.3, -0.25) is 0 Å². The van der Waals surface area contributed by atoms with Gasteiger partial charge in [-0.1, -0.05) is 42.5 Å². The lowest BCUT2D eigenvalue weighted by atomic mass is 9.93. The Labute approximate surface area is 107 Å². The summed E-state index contributed by atoms with van der Waals surface area (Å²) in [7, 11) is 0. The van der Waals surface area contributed by atoms with Gasteiger partial charge in [-0.25, -0.2) is 0 Å². The molecule has 3 rings (SSSR count). The molecule has 0 aromatic heterocycles. The van der Waals surface area contributed by atoms with E-state index in [1.807, 2.05) is 36.4 Å². The number of ether oxygens (including phenoxy) is 1. The molecule has 92 valence electrons. The van der Waals surface area contributed by atoms with Crippen molar-refractivity contribution in [1.29, 1.82) is 0 Å². The summed E-state index contributed by atoms with van der Waals surface area (Å²) >= 11 is 0. The Kier molecular flexibility index (Phi) is 2.80. The van der Waals surface area contributed by atoms with Crippen LogP contribution in [0.4, 0.5) is 0 Å². The summed E-state index contributed by atoms with van der Waals surface area (Å²) in [6, 6.07) is 15.9. The van der Waals surface area contributed by atoms with E-state index in [4.69, 9.17) is 4.74 Å². The third kappa shape index (κ3) is 1.89. The van der Waals surface area contributed by atoms with Gasteiger partial charge >= 0.3 is 0 Å². The normalized spacial score (nSPS) is 22.1. The molecule has 2 aromatic carbocycles. The van der Waals surface area contributed by atoms with Crippen LogP contribution >= 0.6 is 0 Å². The third-order valence-corrected chi connectivity index (χ3v) is 3.52. The zero-order chi connectivity index (χ0) is 12.5. The van der Waals surface area contributed by atoms with Crippen LogP contribution in [0.25, 0.3) is 0 Å². The Morgan fingerprint density at radius 3 is 2.44 bits per heavy atom. The molecule has 0 amide bonds. The molecule has 2 aromatic rings. The van der Waals surface area contributed by atoms with Gasteiger partial charge in [-0.05, 0) is 24.1 Å². The predicted octanol–water partition coefficient (Wildman–Crippen LogP) is 3.55. The Bertz CT molecular complexity index is 563. The van der Waals surface area contributed by atoms with Gasteiger partial charge in [0.05, 0.1) is 6.10 Å². The average molecular weight is 240 g/mol. The number of aliphatic hydroxyl groups excluding tert-OH is 1. The molecule has 1 aliphatic rings. The fraction of sp³-hybridized carbons (Fsp3) is 0.250. The lowest BCUT2D eigenvalue weighted by molar-refractivity contribution is 0.0655. The van der Waals surface area contributed by atoms with E-state index >= 15 is 0 Å². The highest BCUT2D eigenvalue weighted by Gasteiger charge is 2.28. The molecule has 1 aliphatic heterocycles. The highest BCUT2D eigenvalue weighted by molar-refractivity contribution is 5.39. The van der Waals surface area contributed by atoms with Crippen molar-refractivity contribution in [2.45, 2.75) is 25.6 Å². The number of aliphatic hydroxyl groups is 1. The molecule has 1 heterocycles. The lowest BCUT2D eigenvalue weighted by Gasteiger charge is -2.30. The molecular formula is C16H16O2. The molecule has 2 atom stereocenters. The molecule has 2 nitrogen and oxygen atoms in total. The van der Waals surface area contributed by atoms with Crippen molar-refractivity contribution in [3.05, 3.63) is 65.2 Å². The van der Waals surface area contributed by atoms with E-state index in [0.29, 0.717) is 6.42 Å².